The number of hydrogen-bond acceptors (Lipinski definition) is 3. The highest BCUT2D eigenvalue weighted by molar-refractivity contribution is 5.78. The Hall–Kier alpha value is -3.02. The molecule has 28 heavy (non-hydrogen) atoms. The lowest BCUT2D eigenvalue weighted by molar-refractivity contribution is -0.128. The maximum atomic E-state index is 12.5. The Labute approximate surface area is 166 Å². The molecule has 0 aromatic heterocycles. The van der Waals surface area contributed by atoms with Crippen LogP contribution in [0.3, 0.4) is 0 Å². The second-order valence-electron chi connectivity index (χ2n) is 7.01. The van der Waals surface area contributed by atoms with Gasteiger partial charge in [0.15, 0.2) is 0 Å². The number of rotatable bonds is 7. The van der Waals surface area contributed by atoms with Crippen molar-refractivity contribution in [3.63, 3.8) is 0 Å². The average Bonchev–Trinajstić information content (AvgIpc) is 3.12. The Bertz CT molecular complexity index is 837. The van der Waals surface area contributed by atoms with E-state index in [9.17, 15) is 9.59 Å². The minimum atomic E-state index is -0.155. The van der Waals surface area contributed by atoms with Crippen molar-refractivity contribution in [3.05, 3.63) is 65.2 Å². The van der Waals surface area contributed by atoms with Gasteiger partial charge in [0.05, 0.1) is 13.7 Å². The number of urea groups is 1. The molecule has 3 rings (SSSR count). The number of nitrogens with zero attached hydrogens (tertiary/aromatic N) is 2. The predicted octanol–water partition coefficient (Wildman–Crippen LogP) is 3.16. The SMILES string of the molecule is COc1ccccc1CN(C)C(=O)NCc1ccccc1CN1CCCC1=O. The highest BCUT2D eigenvalue weighted by Gasteiger charge is 2.21. The van der Waals surface area contributed by atoms with E-state index in [-0.39, 0.29) is 11.9 Å². The molecule has 2 aromatic rings. The molecule has 0 unspecified atom stereocenters. The summed E-state index contributed by atoms with van der Waals surface area (Å²) in [7, 11) is 3.39. The predicted molar refractivity (Wildman–Crippen MR) is 108 cm³/mol. The van der Waals surface area contributed by atoms with Crippen LogP contribution in [-0.4, -0.2) is 42.4 Å². The molecule has 6 heteroatoms. The summed E-state index contributed by atoms with van der Waals surface area (Å²) in [6.07, 6.45) is 1.55. The van der Waals surface area contributed by atoms with Crippen molar-refractivity contribution in [2.24, 2.45) is 0 Å². The molecule has 0 atom stereocenters. The average molecular weight is 381 g/mol. The Morgan fingerprint density at radius 2 is 1.79 bits per heavy atom. The third-order valence-electron chi connectivity index (χ3n) is 5.03. The van der Waals surface area contributed by atoms with Gasteiger partial charge in [-0.1, -0.05) is 42.5 Å². The topological polar surface area (TPSA) is 61.9 Å². The minimum Gasteiger partial charge on any atom is -0.496 e. The Balaban J connectivity index is 1.59. The standard InChI is InChI=1S/C22H27N3O3/c1-24(15-19-10-5-6-11-20(19)28-2)22(27)23-14-17-8-3-4-9-18(17)16-25-13-7-12-21(25)26/h3-6,8-11H,7,12-16H2,1-2H3,(H,23,27). The molecule has 1 N–H and O–H groups in total. The second-order valence-corrected chi connectivity index (χ2v) is 7.01. The maximum absolute atomic E-state index is 12.5. The highest BCUT2D eigenvalue weighted by Crippen LogP contribution is 2.19. The largest absolute Gasteiger partial charge is 0.496 e. The van der Waals surface area contributed by atoms with Crippen LogP contribution in [0.5, 0.6) is 5.75 Å². The lowest BCUT2D eigenvalue weighted by Crippen LogP contribution is -2.36. The van der Waals surface area contributed by atoms with Gasteiger partial charge in [0, 0.05) is 38.7 Å². The number of benzene rings is 2. The zero-order chi connectivity index (χ0) is 19.9. The molecule has 1 aliphatic heterocycles. The van der Waals surface area contributed by atoms with Crippen LogP contribution in [0.4, 0.5) is 4.79 Å². The molecule has 0 spiro atoms. The lowest BCUT2D eigenvalue weighted by atomic mass is 10.1. The molecule has 3 amide bonds. The number of ether oxygens (including phenoxy) is 1. The third kappa shape index (κ3) is 4.82. The van der Waals surface area contributed by atoms with Crippen molar-refractivity contribution in [1.29, 1.82) is 0 Å². The summed E-state index contributed by atoms with van der Waals surface area (Å²) < 4.78 is 5.35. The number of carbonyl (C=O) groups excluding carboxylic acids is 2. The molecule has 0 saturated carbocycles. The first-order chi connectivity index (χ1) is 13.6. The fourth-order valence-corrected chi connectivity index (χ4v) is 3.43. The smallest absolute Gasteiger partial charge is 0.317 e. The van der Waals surface area contributed by atoms with Crippen molar-refractivity contribution < 1.29 is 14.3 Å². The zero-order valence-electron chi connectivity index (χ0n) is 16.5. The molecule has 0 radical (unpaired) electrons. The van der Waals surface area contributed by atoms with Crippen molar-refractivity contribution in [3.8, 4) is 5.75 Å². The molecule has 6 nitrogen and oxygen atoms in total. The van der Waals surface area contributed by atoms with Gasteiger partial charge < -0.3 is 19.9 Å². The first-order valence-corrected chi connectivity index (χ1v) is 9.54. The van der Waals surface area contributed by atoms with Gasteiger partial charge in [-0.15, -0.1) is 0 Å². The number of para-hydroxylation sites is 1. The van der Waals surface area contributed by atoms with Crippen molar-refractivity contribution >= 4 is 11.9 Å². The van der Waals surface area contributed by atoms with Crippen LogP contribution in [0.2, 0.25) is 0 Å². The van der Waals surface area contributed by atoms with E-state index < -0.39 is 0 Å². The molecule has 1 heterocycles. The Morgan fingerprint density at radius 1 is 1.11 bits per heavy atom. The van der Waals surface area contributed by atoms with E-state index in [4.69, 9.17) is 4.74 Å². The number of methoxy groups -OCH3 is 1. The number of hydrogen-bond donors (Lipinski definition) is 1. The van der Waals surface area contributed by atoms with Crippen LogP contribution < -0.4 is 10.1 Å². The van der Waals surface area contributed by atoms with E-state index >= 15 is 0 Å². The van der Waals surface area contributed by atoms with E-state index in [1.807, 2.05) is 53.4 Å². The van der Waals surface area contributed by atoms with Gasteiger partial charge in [0.2, 0.25) is 5.91 Å². The van der Waals surface area contributed by atoms with E-state index in [0.29, 0.717) is 26.1 Å². The van der Waals surface area contributed by atoms with Gasteiger partial charge >= 0.3 is 6.03 Å². The summed E-state index contributed by atoms with van der Waals surface area (Å²) >= 11 is 0. The summed E-state index contributed by atoms with van der Waals surface area (Å²) in [5, 5.41) is 2.98. The van der Waals surface area contributed by atoms with Crippen LogP contribution in [0.25, 0.3) is 0 Å². The van der Waals surface area contributed by atoms with Gasteiger partial charge in [-0.25, -0.2) is 4.79 Å². The fraction of sp³-hybridized carbons (Fsp3) is 0.364. The van der Waals surface area contributed by atoms with Gasteiger partial charge in [0.25, 0.3) is 0 Å². The van der Waals surface area contributed by atoms with Crippen LogP contribution in [0.1, 0.15) is 29.5 Å². The number of likely N-dealkylation sites (tertiary alicyclic amines) is 1. The monoisotopic (exact) mass is 381 g/mol. The summed E-state index contributed by atoms with van der Waals surface area (Å²) in [4.78, 5) is 28.0. The first-order valence-electron chi connectivity index (χ1n) is 9.54. The molecular weight excluding hydrogens is 354 g/mol. The van der Waals surface area contributed by atoms with E-state index in [1.54, 1.807) is 19.1 Å². The number of amides is 3. The molecule has 0 bridgehead atoms. The number of carbonyl (C=O) groups is 2. The summed E-state index contributed by atoms with van der Waals surface area (Å²) in [6, 6.07) is 15.5. The molecular formula is C22H27N3O3. The third-order valence-corrected chi connectivity index (χ3v) is 5.03. The number of nitrogens with one attached hydrogen (secondary N) is 1. The van der Waals surface area contributed by atoms with Gasteiger partial charge in [-0.2, -0.15) is 0 Å². The molecule has 0 aliphatic carbocycles. The van der Waals surface area contributed by atoms with Crippen LogP contribution in [0, 0.1) is 0 Å². The Morgan fingerprint density at radius 3 is 2.46 bits per heavy atom. The van der Waals surface area contributed by atoms with Crippen molar-refractivity contribution in [2.75, 3.05) is 20.7 Å². The van der Waals surface area contributed by atoms with Gasteiger partial charge in [-0.3, -0.25) is 4.79 Å². The minimum absolute atomic E-state index is 0.155. The molecule has 148 valence electrons. The van der Waals surface area contributed by atoms with Gasteiger partial charge in [-0.05, 0) is 23.6 Å². The second kappa shape index (κ2) is 9.26. The fourth-order valence-electron chi connectivity index (χ4n) is 3.43. The van der Waals surface area contributed by atoms with E-state index in [2.05, 4.69) is 5.32 Å². The zero-order valence-corrected chi connectivity index (χ0v) is 16.5. The summed E-state index contributed by atoms with van der Waals surface area (Å²) in [6.45, 7) is 2.29. The molecule has 1 aliphatic rings. The Kier molecular flexibility index (Phi) is 6.53. The molecule has 1 saturated heterocycles. The van der Waals surface area contributed by atoms with E-state index in [1.165, 1.54) is 0 Å². The molecule has 1 fully saturated rings. The summed E-state index contributed by atoms with van der Waals surface area (Å²) in [5.74, 6) is 0.971. The summed E-state index contributed by atoms with van der Waals surface area (Å²) in [5.41, 5.74) is 3.06. The van der Waals surface area contributed by atoms with Crippen LogP contribution in [0.15, 0.2) is 48.5 Å². The van der Waals surface area contributed by atoms with Crippen molar-refractivity contribution in [2.45, 2.75) is 32.5 Å². The normalized spacial score (nSPS) is 13.5. The van der Waals surface area contributed by atoms with Crippen LogP contribution in [-0.2, 0) is 24.4 Å². The van der Waals surface area contributed by atoms with E-state index in [0.717, 1.165) is 35.4 Å². The van der Waals surface area contributed by atoms with Crippen LogP contribution >= 0.6 is 0 Å². The van der Waals surface area contributed by atoms with Gasteiger partial charge in [0.1, 0.15) is 5.75 Å². The van der Waals surface area contributed by atoms with Crippen molar-refractivity contribution in [1.82, 2.24) is 15.1 Å². The first kappa shape index (κ1) is 19.7. The molecule has 2 aromatic carbocycles. The lowest BCUT2D eigenvalue weighted by Gasteiger charge is -2.21. The highest BCUT2D eigenvalue weighted by atomic mass is 16.5. The quantitative estimate of drug-likeness (QED) is 0.801. The maximum Gasteiger partial charge on any atom is 0.317 e.